The first-order valence-electron chi connectivity index (χ1n) is 13.2. The van der Waals surface area contributed by atoms with Gasteiger partial charge in [0.2, 0.25) is 11.9 Å². The molecule has 1 saturated heterocycles. The normalized spacial score (nSPS) is 13.9. The molecule has 0 aliphatic carbocycles. The van der Waals surface area contributed by atoms with E-state index in [-0.39, 0.29) is 24.2 Å². The summed E-state index contributed by atoms with van der Waals surface area (Å²) in [6.07, 6.45) is 1.02. The monoisotopic (exact) mass is 542 g/mol. The second-order valence-corrected chi connectivity index (χ2v) is 9.30. The van der Waals surface area contributed by atoms with Gasteiger partial charge in [0.25, 0.3) is 0 Å². The fraction of sp³-hybridized carbons (Fsp3) is 0.519. The number of nitrogens with one attached hydrogen (secondary N) is 1. The van der Waals surface area contributed by atoms with E-state index >= 15 is 0 Å². The van der Waals surface area contributed by atoms with Crippen molar-refractivity contribution in [3.63, 3.8) is 0 Å². The minimum atomic E-state index is -0.996. The Hall–Kier alpha value is -3.93. The maximum atomic E-state index is 13.3. The number of anilines is 3. The molecule has 2 heterocycles. The SMILES string of the molecule is CCN(CC)c1ncc(N(C(C)=O)C(C)C)c(N[C@@H](Cc2ccccc2)C(=O)OOC(=O)N2CCOCC2)n1. The molecule has 1 atom stereocenters. The van der Waals surface area contributed by atoms with Crippen molar-refractivity contribution in [2.45, 2.75) is 53.1 Å². The Labute approximate surface area is 229 Å². The van der Waals surface area contributed by atoms with E-state index in [9.17, 15) is 14.4 Å². The summed E-state index contributed by atoms with van der Waals surface area (Å²) in [5.74, 6) is -0.278. The Morgan fingerprint density at radius 1 is 1.08 bits per heavy atom. The molecule has 12 nitrogen and oxygen atoms in total. The molecular formula is C27H38N6O6. The van der Waals surface area contributed by atoms with Crippen molar-refractivity contribution in [3.05, 3.63) is 42.1 Å². The van der Waals surface area contributed by atoms with Crippen LogP contribution >= 0.6 is 0 Å². The average molecular weight is 543 g/mol. The Morgan fingerprint density at radius 2 is 1.74 bits per heavy atom. The summed E-state index contributed by atoms with van der Waals surface area (Å²) in [6.45, 7) is 12.0. The lowest BCUT2D eigenvalue weighted by atomic mass is 10.1. The topological polar surface area (TPSA) is 126 Å². The molecule has 39 heavy (non-hydrogen) atoms. The first-order valence-corrected chi connectivity index (χ1v) is 13.2. The highest BCUT2D eigenvalue weighted by molar-refractivity contribution is 5.95. The first kappa shape index (κ1) is 29.6. The lowest BCUT2D eigenvalue weighted by molar-refractivity contribution is -0.238. The van der Waals surface area contributed by atoms with Crippen LogP contribution in [0, 0.1) is 0 Å². The van der Waals surface area contributed by atoms with Crippen LogP contribution in [0.4, 0.5) is 22.2 Å². The maximum Gasteiger partial charge on any atom is 0.453 e. The number of hydrogen-bond acceptors (Lipinski definition) is 10. The summed E-state index contributed by atoms with van der Waals surface area (Å²) in [7, 11) is 0. The van der Waals surface area contributed by atoms with Gasteiger partial charge in [-0.2, -0.15) is 4.98 Å². The molecule has 1 fully saturated rings. The fourth-order valence-electron chi connectivity index (χ4n) is 4.26. The van der Waals surface area contributed by atoms with Crippen LogP contribution in [0.5, 0.6) is 0 Å². The van der Waals surface area contributed by atoms with Gasteiger partial charge in [0.15, 0.2) is 5.82 Å². The Kier molecular flexibility index (Phi) is 10.9. The number of morpholine rings is 1. The Bertz CT molecular complexity index is 1110. The summed E-state index contributed by atoms with van der Waals surface area (Å²) < 4.78 is 5.24. The van der Waals surface area contributed by atoms with Crippen molar-refractivity contribution in [1.29, 1.82) is 0 Å². The molecule has 0 spiro atoms. The Morgan fingerprint density at radius 3 is 2.33 bits per heavy atom. The quantitative estimate of drug-likeness (QED) is 0.354. The molecule has 0 saturated carbocycles. The van der Waals surface area contributed by atoms with Gasteiger partial charge in [-0.15, -0.1) is 0 Å². The van der Waals surface area contributed by atoms with Gasteiger partial charge in [-0.25, -0.2) is 24.3 Å². The van der Waals surface area contributed by atoms with Crippen LogP contribution < -0.4 is 15.1 Å². The van der Waals surface area contributed by atoms with Gasteiger partial charge in [0.05, 0.1) is 19.4 Å². The molecule has 1 aliphatic heterocycles. The molecule has 1 aromatic heterocycles. The highest BCUT2D eigenvalue weighted by Gasteiger charge is 2.29. The van der Waals surface area contributed by atoms with Crippen LogP contribution in [0.2, 0.25) is 0 Å². The molecule has 1 aromatic carbocycles. The summed E-state index contributed by atoms with van der Waals surface area (Å²) in [6, 6.07) is 8.16. The largest absolute Gasteiger partial charge is 0.453 e. The number of aromatic nitrogens is 2. The molecule has 2 amide bonds. The molecule has 12 heteroatoms. The third-order valence-corrected chi connectivity index (χ3v) is 6.26. The van der Waals surface area contributed by atoms with E-state index in [1.807, 2.05) is 62.9 Å². The molecule has 0 unspecified atom stereocenters. The smallest absolute Gasteiger partial charge is 0.378 e. The fourth-order valence-corrected chi connectivity index (χ4v) is 4.26. The predicted molar refractivity (Wildman–Crippen MR) is 146 cm³/mol. The van der Waals surface area contributed by atoms with Gasteiger partial charge in [0, 0.05) is 45.6 Å². The summed E-state index contributed by atoms with van der Waals surface area (Å²) in [4.78, 5) is 62.3. The van der Waals surface area contributed by atoms with E-state index in [2.05, 4.69) is 10.3 Å². The molecule has 2 aromatic rings. The van der Waals surface area contributed by atoms with Crippen molar-refractivity contribution in [1.82, 2.24) is 14.9 Å². The predicted octanol–water partition coefficient (Wildman–Crippen LogP) is 3.03. The van der Waals surface area contributed by atoms with E-state index in [4.69, 9.17) is 19.5 Å². The number of nitrogens with zero attached hydrogens (tertiary/aromatic N) is 5. The summed E-state index contributed by atoms with van der Waals surface area (Å²) in [5, 5.41) is 3.16. The van der Waals surface area contributed by atoms with Gasteiger partial charge in [-0.3, -0.25) is 4.79 Å². The second kappa shape index (κ2) is 14.3. The zero-order valence-electron chi connectivity index (χ0n) is 23.3. The van der Waals surface area contributed by atoms with Crippen LogP contribution in [0.1, 0.15) is 40.2 Å². The number of carbonyl (C=O) groups excluding carboxylic acids is 3. The van der Waals surface area contributed by atoms with Crippen LogP contribution in [-0.2, 0) is 30.5 Å². The summed E-state index contributed by atoms with van der Waals surface area (Å²) >= 11 is 0. The first-order chi connectivity index (χ1) is 18.7. The van der Waals surface area contributed by atoms with E-state index in [0.29, 0.717) is 51.0 Å². The van der Waals surface area contributed by atoms with Crippen LogP contribution in [0.15, 0.2) is 36.5 Å². The number of carbonyl (C=O) groups is 3. The lowest BCUT2D eigenvalue weighted by Gasteiger charge is -2.29. The minimum absolute atomic E-state index is 0.194. The standard InChI is InChI=1S/C27H38N6O6/c1-6-31(7-2)26-28-18-23(33(19(3)4)20(5)34)24(30-26)29-22(17-21-11-9-8-10-12-21)25(35)38-39-27(36)32-13-15-37-16-14-32/h8-12,18-19,22H,6-7,13-17H2,1-5H3,(H,28,29,30)/t22-/m0/s1. The zero-order valence-corrected chi connectivity index (χ0v) is 23.3. The zero-order chi connectivity index (χ0) is 28.4. The highest BCUT2D eigenvalue weighted by Crippen LogP contribution is 2.29. The molecule has 0 radical (unpaired) electrons. The van der Waals surface area contributed by atoms with Crippen molar-refractivity contribution in [3.8, 4) is 0 Å². The molecule has 212 valence electrons. The van der Waals surface area contributed by atoms with E-state index in [1.165, 1.54) is 11.8 Å². The van der Waals surface area contributed by atoms with Crippen LogP contribution in [0.25, 0.3) is 0 Å². The summed E-state index contributed by atoms with van der Waals surface area (Å²) in [5.41, 5.74) is 1.27. The van der Waals surface area contributed by atoms with Gasteiger partial charge in [-0.05, 0) is 33.3 Å². The van der Waals surface area contributed by atoms with Gasteiger partial charge < -0.3 is 24.8 Å². The van der Waals surface area contributed by atoms with E-state index in [0.717, 1.165) is 5.56 Å². The van der Waals surface area contributed by atoms with E-state index < -0.39 is 18.1 Å². The highest BCUT2D eigenvalue weighted by atomic mass is 17.2. The molecule has 0 bridgehead atoms. The maximum absolute atomic E-state index is 13.3. The number of benzene rings is 1. The van der Waals surface area contributed by atoms with Crippen molar-refractivity contribution in [2.75, 3.05) is 54.5 Å². The second-order valence-electron chi connectivity index (χ2n) is 9.30. The number of amides is 2. The number of hydrogen-bond donors (Lipinski definition) is 1. The van der Waals surface area contributed by atoms with Gasteiger partial charge >= 0.3 is 12.1 Å². The number of ether oxygens (including phenoxy) is 1. The molecular weight excluding hydrogens is 504 g/mol. The van der Waals surface area contributed by atoms with Crippen molar-refractivity contribution in [2.24, 2.45) is 0 Å². The number of rotatable bonds is 10. The molecule has 1 aliphatic rings. The lowest BCUT2D eigenvalue weighted by Crippen LogP contribution is -2.42. The average Bonchev–Trinajstić information content (AvgIpc) is 2.93. The van der Waals surface area contributed by atoms with E-state index in [1.54, 1.807) is 11.1 Å². The van der Waals surface area contributed by atoms with Crippen molar-refractivity contribution >= 4 is 35.4 Å². The minimum Gasteiger partial charge on any atom is -0.378 e. The Balaban J connectivity index is 1.93. The van der Waals surface area contributed by atoms with Crippen LogP contribution in [-0.4, -0.2) is 84.3 Å². The molecule has 3 rings (SSSR count). The van der Waals surface area contributed by atoms with Gasteiger partial charge in [0.1, 0.15) is 11.7 Å². The third kappa shape index (κ3) is 8.03. The van der Waals surface area contributed by atoms with Crippen molar-refractivity contribution < 1.29 is 28.9 Å². The van der Waals surface area contributed by atoms with Gasteiger partial charge in [-0.1, -0.05) is 30.3 Å². The third-order valence-electron chi connectivity index (χ3n) is 6.26. The molecule has 1 N–H and O–H groups in total. The van der Waals surface area contributed by atoms with Crippen LogP contribution in [0.3, 0.4) is 0 Å².